The molecule has 0 saturated carbocycles. The maximum Gasteiger partial charge on any atom is 0.315 e. The van der Waals surface area contributed by atoms with Gasteiger partial charge in [0.15, 0.2) is 0 Å². The van der Waals surface area contributed by atoms with Gasteiger partial charge >= 0.3 is 6.03 Å². The summed E-state index contributed by atoms with van der Waals surface area (Å²) in [5, 5.41) is 2.96. The van der Waals surface area contributed by atoms with Gasteiger partial charge in [-0.25, -0.2) is 4.79 Å². The van der Waals surface area contributed by atoms with Gasteiger partial charge in [-0.05, 0) is 41.3 Å². The van der Waals surface area contributed by atoms with Crippen molar-refractivity contribution in [2.45, 2.75) is 19.0 Å². The average molecular weight is 366 g/mol. The van der Waals surface area contributed by atoms with Crippen molar-refractivity contribution in [3.8, 4) is 0 Å². The molecule has 4 rings (SSSR count). The molecular formula is C20H22N4O3. The molecule has 1 aromatic carbocycles. The second-order valence-electron chi connectivity index (χ2n) is 7.00. The highest BCUT2D eigenvalue weighted by atomic mass is 16.5. The topological polar surface area (TPSA) is 97.6 Å². The van der Waals surface area contributed by atoms with Crippen LogP contribution in [0.1, 0.15) is 39.5 Å². The van der Waals surface area contributed by atoms with Crippen LogP contribution >= 0.6 is 0 Å². The van der Waals surface area contributed by atoms with E-state index in [9.17, 15) is 9.59 Å². The van der Waals surface area contributed by atoms with Gasteiger partial charge in [-0.2, -0.15) is 0 Å². The van der Waals surface area contributed by atoms with Crippen LogP contribution in [0, 0.1) is 5.92 Å². The van der Waals surface area contributed by atoms with Gasteiger partial charge in [0.2, 0.25) is 0 Å². The molecule has 0 aliphatic carbocycles. The van der Waals surface area contributed by atoms with Crippen molar-refractivity contribution in [3.63, 3.8) is 0 Å². The number of hydrogen-bond donors (Lipinski definition) is 2. The van der Waals surface area contributed by atoms with Crippen LogP contribution in [-0.2, 0) is 11.3 Å². The molecule has 140 valence electrons. The number of aromatic nitrogens is 1. The van der Waals surface area contributed by atoms with Gasteiger partial charge in [0.1, 0.15) is 0 Å². The fourth-order valence-electron chi connectivity index (χ4n) is 3.74. The minimum atomic E-state index is -0.475. The van der Waals surface area contributed by atoms with Crippen molar-refractivity contribution >= 4 is 11.9 Å². The minimum absolute atomic E-state index is 0.101. The highest BCUT2D eigenvalue weighted by Gasteiger charge is 2.33. The Balaban J connectivity index is 1.50. The molecule has 3 heterocycles. The number of nitrogens with one attached hydrogen (secondary N) is 1. The molecule has 0 bridgehead atoms. The predicted octanol–water partition coefficient (Wildman–Crippen LogP) is 1.83. The molecule has 2 atom stereocenters. The number of ether oxygens (including phenoxy) is 1. The van der Waals surface area contributed by atoms with E-state index >= 15 is 0 Å². The Bertz CT molecular complexity index is 847. The van der Waals surface area contributed by atoms with E-state index in [1.54, 1.807) is 29.4 Å². The Morgan fingerprint density at radius 3 is 2.78 bits per heavy atom. The van der Waals surface area contributed by atoms with E-state index in [0.29, 0.717) is 31.2 Å². The summed E-state index contributed by atoms with van der Waals surface area (Å²) in [6, 6.07) is 8.51. The number of nitrogens with zero attached hydrogens (tertiary/aromatic N) is 2. The monoisotopic (exact) mass is 366 g/mol. The van der Waals surface area contributed by atoms with Crippen molar-refractivity contribution in [2.24, 2.45) is 11.7 Å². The highest BCUT2D eigenvalue weighted by molar-refractivity contribution is 5.94. The second-order valence-corrected chi connectivity index (χ2v) is 7.00. The molecule has 2 aliphatic rings. The van der Waals surface area contributed by atoms with Gasteiger partial charge in [-0.15, -0.1) is 0 Å². The summed E-state index contributed by atoms with van der Waals surface area (Å²) in [6.07, 6.45) is 4.46. The van der Waals surface area contributed by atoms with Crippen LogP contribution in [-0.4, -0.2) is 41.6 Å². The van der Waals surface area contributed by atoms with Gasteiger partial charge in [-0.1, -0.05) is 12.1 Å². The fourth-order valence-corrected chi connectivity index (χ4v) is 3.74. The standard InChI is InChI=1S/C20H22N4O3/c21-20(26)24-11-16-10-22-7-5-17(16)18(24)14-1-3-15(4-2-14)19(25)23-9-13-6-8-27-12-13/h1-5,7,10,13,18H,6,8-9,11-12H2,(H2,21,26)(H,23,25)/t13-,18?/m0/s1. The third-order valence-electron chi connectivity index (χ3n) is 5.24. The van der Waals surface area contributed by atoms with Gasteiger partial charge < -0.3 is 20.7 Å². The SMILES string of the molecule is NC(=O)N1Cc2cnccc2C1c1ccc(C(=O)NC[C@@H]2CCOC2)cc1. The van der Waals surface area contributed by atoms with Crippen molar-refractivity contribution in [1.82, 2.24) is 15.2 Å². The molecule has 1 unspecified atom stereocenters. The normalized spacial score (nSPS) is 21.1. The van der Waals surface area contributed by atoms with Crippen LogP contribution < -0.4 is 11.1 Å². The molecule has 1 aromatic heterocycles. The summed E-state index contributed by atoms with van der Waals surface area (Å²) >= 11 is 0. The van der Waals surface area contributed by atoms with Gasteiger partial charge in [0.25, 0.3) is 5.91 Å². The number of fused-ring (bicyclic) bond motifs is 1. The Kier molecular flexibility index (Phi) is 4.77. The van der Waals surface area contributed by atoms with Crippen molar-refractivity contribution < 1.29 is 14.3 Å². The van der Waals surface area contributed by atoms with E-state index in [-0.39, 0.29) is 11.9 Å². The van der Waals surface area contributed by atoms with E-state index in [0.717, 1.165) is 29.7 Å². The van der Waals surface area contributed by atoms with Crippen LogP contribution in [0.25, 0.3) is 0 Å². The van der Waals surface area contributed by atoms with Crippen LogP contribution in [0.15, 0.2) is 42.7 Å². The summed E-state index contributed by atoms with van der Waals surface area (Å²) < 4.78 is 5.33. The van der Waals surface area contributed by atoms with E-state index in [1.165, 1.54) is 0 Å². The number of urea groups is 1. The number of pyridine rings is 1. The summed E-state index contributed by atoms with van der Waals surface area (Å²) in [7, 11) is 0. The van der Waals surface area contributed by atoms with Crippen LogP contribution in [0.4, 0.5) is 4.79 Å². The van der Waals surface area contributed by atoms with E-state index in [1.807, 2.05) is 18.2 Å². The number of rotatable bonds is 4. The molecule has 3 N–H and O–H groups in total. The number of primary amides is 1. The molecule has 3 amide bonds. The lowest BCUT2D eigenvalue weighted by molar-refractivity contribution is 0.0945. The van der Waals surface area contributed by atoms with Gasteiger partial charge in [0.05, 0.1) is 19.2 Å². The quantitative estimate of drug-likeness (QED) is 0.863. The lowest BCUT2D eigenvalue weighted by Gasteiger charge is -2.24. The zero-order valence-corrected chi connectivity index (χ0v) is 14.9. The highest BCUT2D eigenvalue weighted by Crippen LogP contribution is 2.37. The molecular weight excluding hydrogens is 344 g/mol. The molecule has 7 heteroatoms. The molecule has 2 aromatic rings. The zero-order chi connectivity index (χ0) is 18.8. The zero-order valence-electron chi connectivity index (χ0n) is 14.9. The van der Waals surface area contributed by atoms with E-state index < -0.39 is 6.03 Å². The minimum Gasteiger partial charge on any atom is -0.381 e. The van der Waals surface area contributed by atoms with Crippen LogP contribution in [0.5, 0.6) is 0 Å². The average Bonchev–Trinajstić information content (AvgIpc) is 3.34. The Labute approximate surface area is 157 Å². The van der Waals surface area contributed by atoms with Crippen molar-refractivity contribution in [2.75, 3.05) is 19.8 Å². The second kappa shape index (κ2) is 7.36. The lowest BCUT2D eigenvalue weighted by atomic mass is 9.98. The molecule has 0 spiro atoms. The lowest BCUT2D eigenvalue weighted by Crippen LogP contribution is -2.34. The van der Waals surface area contributed by atoms with Crippen molar-refractivity contribution in [3.05, 3.63) is 65.0 Å². The molecule has 7 nitrogen and oxygen atoms in total. The largest absolute Gasteiger partial charge is 0.381 e. The fraction of sp³-hybridized carbons (Fsp3) is 0.350. The first-order valence-corrected chi connectivity index (χ1v) is 9.08. The Hall–Kier alpha value is -2.93. The van der Waals surface area contributed by atoms with E-state index in [2.05, 4.69) is 10.3 Å². The van der Waals surface area contributed by atoms with Gasteiger partial charge in [0, 0.05) is 37.0 Å². The first-order chi connectivity index (χ1) is 13.1. The summed E-state index contributed by atoms with van der Waals surface area (Å²) in [5.74, 6) is 0.289. The van der Waals surface area contributed by atoms with E-state index in [4.69, 9.17) is 10.5 Å². The molecule has 0 radical (unpaired) electrons. The number of hydrogen-bond acceptors (Lipinski definition) is 4. The molecule has 27 heavy (non-hydrogen) atoms. The molecule has 1 saturated heterocycles. The van der Waals surface area contributed by atoms with Crippen LogP contribution in [0.2, 0.25) is 0 Å². The summed E-state index contributed by atoms with van der Waals surface area (Å²) in [5.41, 5.74) is 9.09. The summed E-state index contributed by atoms with van der Waals surface area (Å²) in [6.45, 7) is 2.54. The summed E-state index contributed by atoms with van der Waals surface area (Å²) in [4.78, 5) is 30.0. The Morgan fingerprint density at radius 1 is 1.26 bits per heavy atom. The Morgan fingerprint density at radius 2 is 2.07 bits per heavy atom. The first-order valence-electron chi connectivity index (χ1n) is 9.08. The maximum absolute atomic E-state index is 12.4. The smallest absolute Gasteiger partial charge is 0.315 e. The number of carbonyl (C=O) groups is 2. The van der Waals surface area contributed by atoms with Crippen LogP contribution in [0.3, 0.4) is 0 Å². The van der Waals surface area contributed by atoms with Gasteiger partial charge in [-0.3, -0.25) is 9.78 Å². The van der Waals surface area contributed by atoms with Crippen molar-refractivity contribution in [1.29, 1.82) is 0 Å². The number of benzene rings is 1. The predicted molar refractivity (Wildman–Crippen MR) is 98.9 cm³/mol. The molecule has 2 aliphatic heterocycles. The molecule has 1 fully saturated rings. The number of carbonyl (C=O) groups excluding carboxylic acids is 2. The number of nitrogens with two attached hydrogens (primary N) is 1. The first kappa shape index (κ1) is 17.5. The third kappa shape index (κ3) is 3.50. The number of amides is 3. The maximum atomic E-state index is 12.4. The third-order valence-corrected chi connectivity index (χ3v) is 5.24.